The third-order valence-electron chi connectivity index (χ3n) is 3.52. The van der Waals surface area contributed by atoms with Crippen LogP contribution in [0.4, 0.5) is 0 Å². The van der Waals surface area contributed by atoms with Gasteiger partial charge in [0.25, 0.3) is 0 Å². The first kappa shape index (κ1) is 14.5. The minimum atomic E-state index is -0.807. The summed E-state index contributed by atoms with van der Waals surface area (Å²) in [7, 11) is 0. The molecular formula is C13H20N2O3S. The van der Waals surface area contributed by atoms with E-state index in [0.717, 1.165) is 13.0 Å². The average Bonchev–Trinajstić information content (AvgIpc) is 2.91. The van der Waals surface area contributed by atoms with E-state index in [1.165, 1.54) is 10.4 Å². The van der Waals surface area contributed by atoms with Gasteiger partial charge >= 0.3 is 0 Å². The molecule has 1 aromatic heterocycles. The van der Waals surface area contributed by atoms with E-state index < -0.39 is 5.54 Å². The smallest absolute Gasteiger partial charge is 0.236 e. The molecular weight excluding hydrogens is 264 g/mol. The molecule has 1 aromatic rings. The predicted molar refractivity (Wildman–Crippen MR) is 74.0 cm³/mol. The maximum absolute atomic E-state index is 12.1. The maximum Gasteiger partial charge on any atom is 0.236 e. The fraction of sp³-hybridized carbons (Fsp3) is 0.615. The van der Waals surface area contributed by atoms with Gasteiger partial charge in [-0.05, 0) is 30.4 Å². The molecule has 2 heterocycles. The lowest BCUT2D eigenvalue weighted by atomic mass is 10.1. The molecule has 1 amide bonds. The van der Waals surface area contributed by atoms with Gasteiger partial charge in [-0.3, -0.25) is 10.1 Å². The molecule has 0 bridgehead atoms. The molecule has 106 valence electrons. The molecule has 1 aliphatic rings. The van der Waals surface area contributed by atoms with E-state index in [4.69, 9.17) is 10.2 Å². The Labute approximate surface area is 116 Å². The van der Waals surface area contributed by atoms with Gasteiger partial charge in [-0.2, -0.15) is 0 Å². The van der Waals surface area contributed by atoms with Crippen molar-refractivity contribution in [1.29, 1.82) is 0 Å². The number of aliphatic hydroxyl groups excluding tert-OH is 2. The number of carbonyl (C=O) groups is 1. The van der Waals surface area contributed by atoms with Gasteiger partial charge in [0.1, 0.15) is 0 Å². The van der Waals surface area contributed by atoms with Crippen LogP contribution in [-0.2, 0) is 17.8 Å². The van der Waals surface area contributed by atoms with Gasteiger partial charge in [-0.1, -0.05) is 0 Å². The zero-order valence-corrected chi connectivity index (χ0v) is 11.9. The summed E-state index contributed by atoms with van der Waals surface area (Å²) in [4.78, 5) is 15.3. The van der Waals surface area contributed by atoms with Crippen molar-refractivity contribution in [3.8, 4) is 0 Å². The normalized spacial score (nSPS) is 15.4. The summed E-state index contributed by atoms with van der Waals surface area (Å²) in [6.45, 7) is 2.82. The van der Waals surface area contributed by atoms with Crippen molar-refractivity contribution in [1.82, 2.24) is 10.2 Å². The topological polar surface area (TPSA) is 72.8 Å². The van der Waals surface area contributed by atoms with Gasteiger partial charge in [0.2, 0.25) is 5.91 Å². The van der Waals surface area contributed by atoms with Crippen LogP contribution in [0.3, 0.4) is 0 Å². The summed E-state index contributed by atoms with van der Waals surface area (Å²) in [6.07, 6.45) is 0.913. The molecule has 0 atom stereocenters. The number of rotatable bonds is 5. The number of hydrogen-bond acceptors (Lipinski definition) is 5. The van der Waals surface area contributed by atoms with Gasteiger partial charge < -0.3 is 15.1 Å². The molecule has 0 aromatic carbocycles. The number of carbonyl (C=O) groups excluding carboxylic acids is 1. The van der Waals surface area contributed by atoms with Gasteiger partial charge in [-0.15, -0.1) is 11.3 Å². The van der Waals surface area contributed by atoms with E-state index in [-0.39, 0.29) is 25.7 Å². The highest BCUT2D eigenvalue weighted by atomic mass is 32.1. The van der Waals surface area contributed by atoms with E-state index in [1.54, 1.807) is 18.3 Å². The van der Waals surface area contributed by atoms with Crippen LogP contribution >= 0.6 is 11.3 Å². The highest BCUT2D eigenvalue weighted by molar-refractivity contribution is 7.10. The first-order chi connectivity index (χ1) is 9.08. The summed E-state index contributed by atoms with van der Waals surface area (Å²) >= 11 is 1.74. The number of thiophene rings is 1. The van der Waals surface area contributed by atoms with Crippen LogP contribution in [0.25, 0.3) is 0 Å². The van der Waals surface area contributed by atoms with Crippen molar-refractivity contribution in [2.45, 2.75) is 25.4 Å². The molecule has 0 saturated carbocycles. The van der Waals surface area contributed by atoms with Gasteiger partial charge in [0.15, 0.2) is 0 Å². The minimum Gasteiger partial charge on any atom is -0.394 e. The molecule has 0 radical (unpaired) electrons. The molecule has 2 rings (SSSR count). The Kier molecular flexibility index (Phi) is 4.57. The quantitative estimate of drug-likeness (QED) is 0.710. The van der Waals surface area contributed by atoms with Crippen molar-refractivity contribution >= 4 is 17.2 Å². The Morgan fingerprint density at radius 2 is 2.26 bits per heavy atom. The lowest BCUT2D eigenvalue weighted by Gasteiger charge is -2.30. The lowest BCUT2D eigenvalue weighted by molar-refractivity contribution is -0.131. The van der Waals surface area contributed by atoms with E-state index >= 15 is 0 Å². The standard InChI is InChI=1S/C13H20N2O3S/c1-13(8-16,9-17)14-6-12(18)15-4-2-11-10(7-15)3-5-19-11/h3,5,14,16-17H,2,4,6-9H2,1H3. The molecule has 0 spiro atoms. The Bertz CT molecular complexity index is 443. The number of amides is 1. The lowest BCUT2D eigenvalue weighted by Crippen LogP contribution is -2.53. The van der Waals surface area contributed by atoms with E-state index in [0.29, 0.717) is 6.54 Å². The number of fused-ring (bicyclic) bond motifs is 1. The fourth-order valence-electron chi connectivity index (χ4n) is 2.02. The molecule has 0 unspecified atom stereocenters. The third-order valence-corrected chi connectivity index (χ3v) is 4.55. The number of nitrogens with one attached hydrogen (secondary N) is 1. The van der Waals surface area contributed by atoms with Crippen LogP contribution in [-0.4, -0.2) is 52.9 Å². The van der Waals surface area contributed by atoms with E-state index in [2.05, 4.69) is 16.8 Å². The summed E-state index contributed by atoms with van der Waals surface area (Å²) in [5.41, 5.74) is 0.426. The first-order valence-electron chi connectivity index (χ1n) is 6.38. The molecule has 6 heteroatoms. The molecule has 0 aliphatic carbocycles. The second kappa shape index (κ2) is 6.00. The Morgan fingerprint density at radius 3 is 2.95 bits per heavy atom. The fourth-order valence-corrected chi connectivity index (χ4v) is 2.91. The van der Waals surface area contributed by atoms with Crippen molar-refractivity contribution in [3.63, 3.8) is 0 Å². The summed E-state index contributed by atoms with van der Waals surface area (Å²) in [5, 5.41) is 23.3. The summed E-state index contributed by atoms with van der Waals surface area (Å²) < 4.78 is 0. The van der Waals surface area contributed by atoms with Crippen molar-refractivity contribution in [2.75, 3.05) is 26.3 Å². The van der Waals surface area contributed by atoms with Crippen LogP contribution in [0.15, 0.2) is 11.4 Å². The zero-order valence-electron chi connectivity index (χ0n) is 11.1. The van der Waals surface area contributed by atoms with Gasteiger partial charge in [0.05, 0.1) is 25.3 Å². The van der Waals surface area contributed by atoms with Gasteiger partial charge in [0, 0.05) is 18.0 Å². The monoisotopic (exact) mass is 284 g/mol. The van der Waals surface area contributed by atoms with Crippen LogP contribution in [0, 0.1) is 0 Å². The van der Waals surface area contributed by atoms with Crippen LogP contribution < -0.4 is 5.32 Å². The molecule has 19 heavy (non-hydrogen) atoms. The molecule has 0 saturated heterocycles. The van der Waals surface area contributed by atoms with Crippen LogP contribution in [0.5, 0.6) is 0 Å². The molecule has 1 aliphatic heterocycles. The second-order valence-electron chi connectivity index (χ2n) is 5.16. The Hall–Kier alpha value is -0.950. The minimum absolute atomic E-state index is 0.00461. The highest BCUT2D eigenvalue weighted by Gasteiger charge is 2.25. The average molecular weight is 284 g/mol. The van der Waals surface area contributed by atoms with Crippen LogP contribution in [0.1, 0.15) is 17.4 Å². The Morgan fingerprint density at radius 1 is 1.53 bits per heavy atom. The Balaban J connectivity index is 1.88. The second-order valence-corrected chi connectivity index (χ2v) is 6.17. The number of hydrogen-bond donors (Lipinski definition) is 3. The van der Waals surface area contributed by atoms with Crippen LogP contribution in [0.2, 0.25) is 0 Å². The summed E-state index contributed by atoms with van der Waals surface area (Å²) in [5.74, 6) is 0.00461. The molecule has 3 N–H and O–H groups in total. The van der Waals surface area contributed by atoms with Crippen molar-refractivity contribution in [2.24, 2.45) is 0 Å². The third kappa shape index (κ3) is 3.33. The number of nitrogens with zero attached hydrogens (tertiary/aromatic N) is 1. The molecule has 0 fully saturated rings. The highest BCUT2D eigenvalue weighted by Crippen LogP contribution is 2.23. The summed E-state index contributed by atoms with van der Waals surface area (Å²) in [6, 6.07) is 2.07. The van der Waals surface area contributed by atoms with E-state index in [9.17, 15) is 4.79 Å². The maximum atomic E-state index is 12.1. The molecule has 5 nitrogen and oxygen atoms in total. The van der Waals surface area contributed by atoms with Gasteiger partial charge in [-0.25, -0.2) is 0 Å². The van der Waals surface area contributed by atoms with Crippen molar-refractivity contribution < 1.29 is 15.0 Å². The van der Waals surface area contributed by atoms with Crippen molar-refractivity contribution in [3.05, 3.63) is 21.9 Å². The SMILES string of the molecule is CC(CO)(CO)NCC(=O)N1CCc2sccc2C1. The first-order valence-corrected chi connectivity index (χ1v) is 7.26. The largest absolute Gasteiger partial charge is 0.394 e. The van der Waals surface area contributed by atoms with E-state index in [1.807, 2.05) is 4.90 Å². The zero-order chi connectivity index (χ0) is 13.9. The number of aliphatic hydroxyl groups is 2. The predicted octanol–water partition coefficient (Wildman–Crippen LogP) is -0.0343.